The molecule has 1 aliphatic carbocycles. The van der Waals surface area contributed by atoms with Crippen LogP contribution in [0, 0.1) is 0 Å². The van der Waals surface area contributed by atoms with Gasteiger partial charge in [0.25, 0.3) is 0 Å². The second kappa shape index (κ2) is 9.10. The Hall–Kier alpha value is -0.910. The molecule has 116 valence electrons. The molecule has 0 aliphatic heterocycles. The first kappa shape index (κ1) is 17.1. The predicted molar refractivity (Wildman–Crippen MR) is 82.2 cm³/mol. The maximum absolute atomic E-state index is 11.9. The van der Waals surface area contributed by atoms with Crippen LogP contribution >= 0.6 is 11.8 Å². The van der Waals surface area contributed by atoms with Crippen LogP contribution in [0.2, 0.25) is 0 Å². The molecule has 0 aromatic rings. The molecule has 3 N–H and O–H groups in total. The van der Waals surface area contributed by atoms with E-state index in [1.54, 1.807) is 11.8 Å². The van der Waals surface area contributed by atoms with Crippen molar-refractivity contribution in [1.82, 2.24) is 10.6 Å². The number of carboxylic acids is 1. The molecule has 1 fully saturated rings. The summed E-state index contributed by atoms with van der Waals surface area (Å²) in [6.45, 7) is 0.599. The maximum Gasteiger partial charge on any atom is 0.329 e. The molecule has 1 aliphatic rings. The number of rotatable bonds is 7. The summed E-state index contributed by atoms with van der Waals surface area (Å²) in [5.41, 5.74) is -1.07. The molecular formula is C14H26N2O3S. The minimum Gasteiger partial charge on any atom is -0.480 e. The fourth-order valence-electron chi connectivity index (χ4n) is 2.56. The van der Waals surface area contributed by atoms with E-state index < -0.39 is 11.5 Å². The molecule has 1 rings (SSSR count). The molecule has 0 aromatic carbocycles. The maximum atomic E-state index is 11.9. The summed E-state index contributed by atoms with van der Waals surface area (Å²) in [6.07, 6.45) is 8.92. The Kier molecular flexibility index (Phi) is 7.80. The minimum absolute atomic E-state index is 0.349. The number of carbonyl (C=O) groups is 2. The molecule has 20 heavy (non-hydrogen) atoms. The molecule has 6 heteroatoms. The number of urea groups is 1. The molecule has 2 amide bonds. The van der Waals surface area contributed by atoms with Crippen LogP contribution in [-0.4, -0.2) is 41.2 Å². The Labute approximate surface area is 125 Å². The van der Waals surface area contributed by atoms with Crippen LogP contribution in [0.25, 0.3) is 0 Å². The SMILES string of the molecule is CSCCCCNC(=O)NC1(C(=O)O)CCCCCC1. The van der Waals surface area contributed by atoms with Crippen LogP contribution < -0.4 is 10.6 Å². The highest BCUT2D eigenvalue weighted by Crippen LogP contribution is 2.27. The second-order valence-corrected chi connectivity index (χ2v) is 6.37. The van der Waals surface area contributed by atoms with Gasteiger partial charge in [-0.25, -0.2) is 9.59 Å². The Morgan fingerprint density at radius 2 is 1.80 bits per heavy atom. The quantitative estimate of drug-likeness (QED) is 0.499. The summed E-state index contributed by atoms with van der Waals surface area (Å²) in [4.78, 5) is 23.4. The van der Waals surface area contributed by atoms with Gasteiger partial charge >= 0.3 is 12.0 Å². The predicted octanol–water partition coefficient (Wildman–Crippen LogP) is 2.61. The van der Waals surface area contributed by atoms with E-state index >= 15 is 0 Å². The van der Waals surface area contributed by atoms with Crippen LogP contribution in [0.4, 0.5) is 4.79 Å². The normalized spacial score (nSPS) is 18.1. The van der Waals surface area contributed by atoms with E-state index in [4.69, 9.17) is 0 Å². The number of nitrogens with one attached hydrogen (secondary N) is 2. The molecule has 0 bridgehead atoms. The fraction of sp³-hybridized carbons (Fsp3) is 0.857. The zero-order chi connectivity index (χ0) is 14.8. The average molecular weight is 302 g/mol. The van der Waals surface area contributed by atoms with Crippen LogP contribution in [-0.2, 0) is 4.79 Å². The van der Waals surface area contributed by atoms with Gasteiger partial charge in [-0.1, -0.05) is 25.7 Å². The van der Waals surface area contributed by atoms with Crippen molar-refractivity contribution < 1.29 is 14.7 Å². The Balaban J connectivity index is 2.40. The van der Waals surface area contributed by atoms with Gasteiger partial charge in [0, 0.05) is 6.54 Å². The summed E-state index contributed by atoms with van der Waals surface area (Å²) in [5, 5.41) is 14.9. The Bertz CT molecular complexity index is 316. The molecule has 0 atom stereocenters. The van der Waals surface area contributed by atoms with Crippen LogP contribution in [0.1, 0.15) is 51.4 Å². The van der Waals surface area contributed by atoms with Crippen molar-refractivity contribution in [2.24, 2.45) is 0 Å². The summed E-state index contributed by atoms with van der Waals surface area (Å²) in [5.74, 6) is 0.180. The van der Waals surface area contributed by atoms with E-state index in [-0.39, 0.29) is 6.03 Å². The lowest BCUT2D eigenvalue weighted by Crippen LogP contribution is -2.57. The van der Waals surface area contributed by atoms with Gasteiger partial charge in [0.15, 0.2) is 0 Å². The van der Waals surface area contributed by atoms with E-state index in [2.05, 4.69) is 16.9 Å². The van der Waals surface area contributed by atoms with Crippen molar-refractivity contribution in [2.75, 3.05) is 18.6 Å². The van der Waals surface area contributed by atoms with Crippen molar-refractivity contribution in [3.63, 3.8) is 0 Å². The number of thioether (sulfide) groups is 1. The average Bonchev–Trinajstić information content (AvgIpc) is 2.65. The minimum atomic E-state index is -1.07. The number of hydrogen-bond acceptors (Lipinski definition) is 3. The van der Waals surface area contributed by atoms with Crippen molar-refractivity contribution in [1.29, 1.82) is 0 Å². The van der Waals surface area contributed by atoms with Gasteiger partial charge in [-0.2, -0.15) is 11.8 Å². The number of unbranched alkanes of at least 4 members (excludes halogenated alkanes) is 1. The highest BCUT2D eigenvalue weighted by Gasteiger charge is 2.39. The summed E-state index contributed by atoms with van der Waals surface area (Å²) < 4.78 is 0. The van der Waals surface area contributed by atoms with Crippen LogP contribution in [0.3, 0.4) is 0 Å². The van der Waals surface area contributed by atoms with Crippen molar-refractivity contribution >= 4 is 23.8 Å². The first-order valence-electron chi connectivity index (χ1n) is 7.39. The fourth-order valence-corrected chi connectivity index (χ4v) is 3.05. The highest BCUT2D eigenvalue weighted by molar-refractivity contribution is 7.98. The zero-order valence-electron chi connectivity index (χ0n) is 12.2. The number of aliphatic carboxylic acids is 1. The molecule has 0 unspecified atom stereocenters. The van der Waals surface area contributed by atoms with Gasteiger partial charge in [-0.3, -0.25) is 0 Å². The molecule has 0 aromatic heterocycles. The molecule has 0 saturated heterocycles. The molecule has 0 heterocycles. The van der Waals surface area contributed by atoms with E-state index in [1.165, 1.54) is 0 Å². The van der Waals surface area contributed by atoms with Gasteiger partial charge < -0.3 is 15.7 Å². The molecule has 0 spiro atoms. The smallest absolute Gasteiger partial charge is 0.329 e. The van der Waals surface area contributed by atoms with Gasteiger partial charge in [0.1, 0.15) is 5.54 Å². The van der Waals surface area contributed by atoms with Crippen molar-refractivity contribution in [3.05, 3.63) is 0 Å². The lowest BCUT2D eigenvalue weighted by atomic mass is 9.90. The third kappa shape index (κ3) is 5.61. The third-order valence-electron chi connectivity index (χ3n) is 3.78. The van der Waals surface area contributed by atoms with Crippen molar-refractivity contribution in [2.45, 2.75) is 56.9 Å². The molecule has 0 radical (unpaired) electrons. The first-order valence-corrected chi connectivity index (χ1v) is 8.78. The molecule has 5 nitrogen and oxygen atoms in total. The lowest BCUT2D eigenvalue weighted by Gasteiger charge is -2.29. The van der Waals surface area contributed by atoms with Crippen LogP contribution in [0.5, 0.6) is 0 Å². The van der Waals surface area contributed by atoms with E-state index in [9.17, 15) is 14.7 Å². The second-order valence-electron chi connectivity index (χ2n) is 5.38. The molecular weight excluding hydrogens is 276 g/mol. The highest BCUT2D eigenvalue weighted by atomic mass is 32.2. The van der Waals surface area contributed by atoms with Crippen LogP contribution in [0.15, 0.2) is 0 Å². The van der Waals surface area contributed by atoms with Gasteiger partial charge in [-0.05, 0) is 37.7 Å². The van der Waals surface area contributed by atoms with Gasteiger partial charge in [0.2, 0.25) is 0 Å². The molecule has 1 saturated carbocycles. The van der Waals surface area contributed by atoms with Gasteiger partial charge in [0.05, 0.1) is 0 Å². The summed E-state index contributed by atoms with van der Waals surface area (Å²) in [7, 11) is 0. The van der Waals surface area contributed by atoms with Gasteiger partial charge in [-0.15, -0.1) is 0 Å². The standard InChI is InChI=1S/C14H26N2O3S/c1-20-11-7-6-10-15-13(19)16-14(12(17)18)8-4-2-3-5-9-14/h2-11H2,1H3,(H,17,18)(H2,15,16,19). The van der Waals surface area contributed by atoms with Crippen molar-refractivity contribution in [3.8, 4) is 0 Å². The first-order chi connectivity index (χ1) is 9.60. The Morgan fingerprint density at radius 1 is 1.15 bits per heavy atom. The number of carbonyl (C=O) groups excluding carboxylic acids is 1. The zero-order valence-corrected chi connectivity index (χ0v) is 13.1. The number of carboxylic acid groups (broad SMARTS) is 1. The lowest BCUT2D eigenvalue weighted by molar-refractivity contribution is -0.145. The number of amides is 2. The third-order valence-corrected chi connectivity index (χ3v) is 4.48. The topological polar surface area (TPSA) is 78.4 Å². The summed E-state index contributed by atoms with van der Waals surface area (Å²) >= 11 is 1.79. The largest absolute Gasteiger partial charge is 0.480 e. The number of hydrogen-bond donors (Lipinski definition) is 3. The summed E-state index contributed by atoms with van der Waals surface area (Å²) in [6, 6.07) is -0.349. The van der Waals surface area contributed by atoms with E-state index in [0.29, 0.717) is 19.4 Å². The van der Waals surface area contributed by atoms with E-state index in [1.807, 2.05) is 0 Å². The monoisotopic (exact) mass is 302 g/mol. The Morgan fingerprint density at radius 3 is 2.35 bits per heavy atom. The van der Waals surface area contributed by atoms with E-state index in [0.717, 1.165) is 44.3 Å².